The topological polar surface area (TPSA) is 64.3 Å². The molecule has 1 heterocycles. The highest BCUT2D eigenvalue weighted by Gasteiger charge is 2.07. The van der Waals surface area contributed by atoms with E-state index in [9.17, 15) is 0 Å². The molecule has 0 bridgehead atoms. The fourth-order valence-corrected chi connectivity index (χ4v) is 1.31. The summed E-state index contributed by atoms with van der Waals surface area (Å²) in [4.78, 5) is 10.4. The molecule has 5 nitrogen and oxygen atoms in total. The molecular weight excluding hydrogens is 204 g/mol. The summed E-state index contributed by atoms with van der Waals surface area (Å²) in [6.45, 7) is 5.33. The molecular formula is C11H20N4O. The summed E-state index contributed by atoms with van der Waals surface area (Å²) in [5.41, 5.74) is 6.55. The lowest BCUT2D eigenvalue weighted by molar-refractivity contribution is 0.271. The molecule has 0 spiro atoms. The van der Waals surface area contributed by atoms with Gasteiger partial charge in [-0.25, -0.2) is 4.98 Å². The summed E-state index contributed by atoms with van der Waals surface area (Å²) in [5, 5.41) is 0. The van der Waals surface area contributed by atoms with Crippen LogP contribution >= 0.6 is 0 Å². The molecule has 90 valence electrons. The van der Waals surface area contributed by atoms with Gasteiger partial charge in [0.05, 0.1) is 12.2 Å². The molecule has 5 heteroatoms. The fraction of sp³-hybridized carbons (Fsp3) is 0.636. The van der Waals surface area contributed by atoms with E-state index in [1.165, 1.54) is 0 Å². The molecule has 0 aliphatic heterocycles. The van der Waals surface area contributed by atoms with Crippen molar-refractivity contribution >= 4 is 5.82 Å². The zero-order chi connectivity index (χ0) is 12.1. The van der Waals surface area contributed by atoms with Crippen LogP contribution in [-0.4, -0.2) is 42.1 Å². The second-order valence-corrected chi connectivity index (χ2v) is 4.09. The van der Waals surface area contributed by atoms with Gasteiger partial charge in [-0.1, -0.05) is 0 Å². The largest absolute Gasteiger partial charge is 0.477 e. The van der Waals surface area contributed by atoms with Gasteiger partial charge in [0, 0.05) is 6.54 Å². The van der Waals surface area contributed by atoms with Gasteiger partial charge in [-0.2, -0.15) is 4.98 Å². The van der Waals surface area contributed by atoms with E-state index in [2.05, 4.69) is 14.9 Å². The van der Waals surface area contributed by atoms with E-state index >= 15 is 0 Å². The van der Waals surface area contributed by atoms with Crippen LogP contribution in [0.4, 0.5) is 5.82 Å². The van der Waals surface area contributed by atoms with Crippen LogP contribution in [0.15, 0.2) is 0 Å². The monoisotopic (exact) mass is 224 g/mol. The average molecular weight is 224 g/mol. The first kappa shape index (κ1) is 12.7. The van der Waals surface area contributed by atoms with Gasteiger partial charge in [-0.15, -0.1) is 0 Å². The normalized spacial score (nSPS) is 10.8. The number of nitrogens with two attached hydrogens (primary N) is 1. The van der Waals surface area contributed by atoms with Crippen LogP contribution < -0.4 is 10.5 Å². The number of nitrogens with zero attached hydrogens (tertiary/aromatic N) is 3. The molecule has 0 aromatic carbocycles. The Balaban J connectivity index is 2.53. The van der Waals surface area contributed by atoms with E-state index in [1.807, 2.05) is 27.9 Å². The molecule has 0 atom stereocenters. The van der Waals surface area contributed by atoms with E-state index in [0.717, 1.165) is 18.5 Å². The summed E-state index contributed by atoms with van der Waals surface area (Å²) in [6.07, 6.45) is 0.968. The Bertz CT molecular complexity index is 352. The molecule has 0 unspecified atom stereocenters. The van der Waals surface area contributed by atoms with Gasteiger partial charge in [0.1, 0.15) is 11.6 Å². The van der Waals surface area contributed by atoms with Gasteiger partial charge in [0.25, 0.3) is 0 Å². The Morgan fingerprint density at radius 1 is 1.25 bits per heavy atom. The third kappa shape index (κ3) is 3.66. The van der Waals surface area contributed by atoms with Crippen molar-refractivity contribution in [2.45, 2.75) is 20.3 Å². The first-order valence-electron chi connectivity index (χ1n) is 5.39. The Morgan fingerprint density at radius 2 is 1.94 bits per heavy atom. The van der Waals surface area contributed by atoms with Crippen LogP contribution in [0, 0.1) is 13.8 Å². The molecule has 16 heavy (non-hydrogen) atoms. The lowest BCUT2D eigenvalue weighted by Gasteiger charge is -2.12. The maximum atomic E-state index is 5.73. The van der Waals surface area contributed by atoms with Gasteiger partial charge in [0.2, 0.25) is 5.88 Å². The first-order valence-corrected chi connectivity index (χ1v) is 5.39. The SMILES string of the molecule is Cc1nc(N)c(C)c(OCCCN(C)C)n1. The van der Waals surface area contributed by atoms with Crippen LogP contribution in [0.25, 0.3) is 0 Å². The molecule has 0 fully saturated rings. The van der Waals surface area contributed by atoms with Crippen molar-refractivity contribution in [3.8, 4) is 5.88 Å². The molecule has 1 aromatic heterocycles. The minimum absolute atomic E-state index is 0.495. The fourth-order valence-electron chi connectivity index (χ4n) is 1.31. The van der Waals surface area contributed by atoms with Crippen LogP contribution in [0.1, 0.15) is 17.8 Å². The average Bonchev–Trinajstić information content (AvgIpc) is 2.19. The van der Waals surface area contributed by atoms with E-state index in [1.54, 1.807) is 0 Å². The highest BCUT2D eigenvalue weighted by molar-refractivity contribution is 5.44. The minimum atomic E-state index is 0.495. The molecule has 1 rings (SSSR count). The number of hydrogen-bond acceptors (Lipinski definition) is 5. The van der Waals surface area contributed by atoms with Crippen molar-refractivity contribution in [2.75, 3.05) is 33.0 Å². The number of hydrogen-bond donors (Lipinski definition) is 1. The van der Waals surface area contributed by atoms with Crippen molar-refractivity contribution in [3.63, 3.8) is 0 Å². The van der Waals surface area contributed by atoms with E-state index in [0.29, 0.717) is 24.1 Å². The molecule has 2 N–H and O–H groups in total. The van der Waals surface area contributed by atoms with Gasteiger partial charge in [-0.3, -0.25) is 0 Å². The molecule has 0 saturated heterocycles. The maximum Gasteiger partial charge on any atom is 0.221 e. The highest BCUT2D eigenvalue weighted by Crippen LogP contribution is 2.19. The Morgan fingerprint density at radius 3 is 2.56 bits per heavy atom. The van der Waals surface area contributed by atoms with Crippen LogP contribution in [0.3, 0.4) is 0 Å². The lowest BCUT2D eigenvalue weighted by atomic mass is 10.3. The summed E-state index contributed by atoms with van der Waals surface area (Å²) < 4.78 is 5.59. The van der Waals surface area contributed by atoms with Crippen molar-refractivity contribution in [1.29, 1.82) is 0 Å². The molecule has 0 saturated carbocycles. The molecule has 1 aromatic rings. The van der Waals surface area contributed by atoms with Gasteiger partial charge >= 0.3 is 0 Å². The second-order valence-electron chi connectivity index (χ2n) is 4.09. The number of anilines is 1. The minimum Gasteiger partial charge on any atom is -0.477 e. The summed E-state index contributed by atoms with van der Waals surface area (Å²) >= 11 is 0. The van der Waals surface area contributed by atoms with Crippen LogP contribution in [-0.2, 0) is 0 Å². The third-order valence-corrected chi connectivity index (χ3v) is 2.24. The summed E-state index contributed by atoms with van der Waals surface area (Å²) in [5.74, 6) is 1.74. The predicted octanol–water partition coefficient (Wildman–Crippen LogP) is 1.01. The van der Waals surface area contributed by atoms with Crippen molar-refractivity contribution in [3.05, 3.63) is 11.4 Å². The number of aryl methyl sites for hydroxylation is 1. The Hall–Kier alpha value is -1.36. The number of rotatable bonds is 5. The number of ether oxygens (including phenoxy) is 1. The predicted molar refractivity (Wildman–Crippen MR) is 64.6 cm³/mol. The maximum absolute atomic E-state index is 5.73. The molecule has 0 amide bonds. The zero-order valence-corrected chi connectivity index (χ0v) is 10.4. The van der Waals surface area contributed by atoms with Gasteiger partial charge in [-0.05, 0) is 34.4 Å². The quantitative estimate of drug-likeness (QED) is 0.756. The van der Waals surface area contributed by atoms with Crippen LogP contribution in [0.2, 0.25) is 0 Å². The van der Waals surface area contributed by atoms with Gasteiger partial charge < -0.3 is 15.4 Å². The number of nitrogen functional groups attached to an aromatic ring is 1. The Labute approximate surface area is 96.6 Å². The van der Waals surface area contributed by atoms with E-state index in [4.69, 9.17) is 10.5 Å². The highest BCUT2D eigenvalue weighted by atomic mass is 16.5. The van der Waals surface area contributed by atoms with Gasteiger partial charge in [0.15, 0.2) is 0 Å². The summed E-state index contributed by atoms with van der Waals surface area (Å²) in [6, 6.07) is 0. The van der Waals surface area contributed by atoms with Crippen molar-refractivity contribution in [1.82, 2.24) is 14.9 Å². The van der Waals surface area contributed by atoms with Crippen molar-refractivity contribution in [2.24, 2.45) is 0 Å². The molecule has 0 radical (unpaired) electrons. The lowest BCUT2D eigenvalue weighted by Crippen LogP contribution is -2.16. The zero-order valence-electron chi connectivity index (χ0n) is 10.4. The molecule has 0 aliphatic rings. The first-order chi connectivity index (χ1) is 7.50. The Kier molecular flexibility index (Phi) is 4.49. The smallest absolute Gasteiger partial charge is 0.221 e. The second kappa shape index (κ2) is 5.65. The molecule has 0 aliphatic carbocycles. The summed E-state index contributed by atoms with van der Waals surface area (Å²) in [7, 11) is 4.08. The number of aromatic nitrogens is 2. The van der Waals surface area contributed by atoms with Crippen molar-refractivity contribution < 1.29 is 4.74 Å². The van der Waals surface area contributed by atoms with E-state index in [-0.39, 0.29) is 0 Å². The van der Waals surface area contributed by atoms with Crippen LogP contribution in [0.5, 0.6) is 5.88 Å². The standard InChI is InChI=1S/C11H20N4O/c1-8-10(12)13-9(2)14-11(8)16-7-5-6-15(3)4/h5-7H2,1-4H3,(H2,12,13,14). The third-order valence-electron chi connectivity index (χ3n) is 2.24. The van der Waals surface area contributed by atoms with E-state index < -0.39 is 0 Å².